The molecule has 0 saturated carbocycles. The zero-order valence-corrected chi connectivity index (χ0v) is 15.4. The van der Waals surface area contributed by atoms with E-state index in [0.29, 0.717) is 28.7 Å². The molecule has 0 radical (unpaired) electrons. The van der Waals surface area contributed by atoms with Gasteiger partial charge in [0.2, 0.25) is 0 Å². The third-order valence-electron chi connectivity index (χ3n) is 4.49. The van der Waals surface area contributed by atoms with Gasteiger partial charge in [0, 0.05) is 30.1 Å². The van der Waals surface area contributed by atoms with Crippen LogP contribution in [0.2, 0.25) is 10.0 Å². The molecule has 1 aliphatic rings. The third kappa shape index (κ3) is 3.35. The van der Waals surface area contributed by atoms with Crippen LogP contribution >= 0.6 is 23.2 Å². The maximum absolute atomic E-state index is 12.7. The highest BCUT2D eigenvalue weighted by Crippen LogP contribution is 2.27. The number of aromatic nitrogens is 1. The van der Waals surface area contributed by atoms with E-state index < -0.39 is 0 Å². The normalized spacial score (nSPS) is 16.8. The van der Waals surface area contributed by atoms with Crippen LogP contribution < -0.4 is 4.74 Å². The van der Waals surface area contributed by atoms with Gasteiger partial charge >= 0.3 is 0 Å². The highest BCUT2D eigenvalue weighted by Gasteiger charge is 2.29. The van der Waals surface area contributed by atoms with Gasteiger partial charge in [-0.15, -0.1) is 0 Å². The first-order chi connectivity index (χ1) is 12.6. The van der Waals surface area contributed by atoms with Crippen LogP contribution in [0.4, 0.5) is 0 Å². The molecule has 1 unspecified atom stereocenters. The van der Waals surface area contributed by atoms with Gasteiger partial charge < -0.3 is 9.64 Å². The molecule has 1 aliphatic heterocycles. The maximum atomic E-state index is 12.7. The van der Waals surface area contributed by atoms with E-state index in [1.807, 2.05) is 30.3 Å². The van der Waals surface area contributed by atoms with Crippen molar-refractivity contribution in [1.82, 2.24) is 9.88 Å². The Morgan fingerprint density at radius 3 is 2.81 bits per heavy atom. The van der Waals surface area contributed by atoms with Crippen LogP contribution in [-0.4, -0.2) is 35.0 Å². The van der Waals surface area contributed by atoms with E-state index in [9.17, 15) is 4.79 Å². The zero-order chi connectivity index (χ0) is 18.1. The summed E-state index contributed by atoms with van der Waals surface area (Å²) in [7, 11) is 0. The molecule has 4 nitrogen and oxygen atoms in total. The van der Waals surface area contributed by atoms with Crippen molar-refractivity contribution in [3.05, 3.63) is 70.3 Å². The molecule has 4 rings (SSSR count). The van der Waals surface area contributed by atoms with Crippen molar-refractivity contribution < 1.29 is 9.53 Å². The monoisotopic (exact) mass is 386 g/mol. The molecule has 26 heavy (non-hydrogen) atoms. The van der Waals surface area contributed by atoms with E-state index >= 15 is 0 Å². The molecule has 2 aromatic carbocycles. The Bertz CT molecular complexity index is 972. The largest absolute Gasteiger partial charge is 0.486 e. The number of hydrogen-bond donors (Lipinski definition) is 0. The molecule has 2 heterocycles. The van der Waals surface area contributed by atoms with Gasteiger partial charge in [-0.3, -0.25) is 9.78 Å². The van der Waals surface area contributed by atoms with Crippen LogP contribution in [0.1, 0.15) is 16.8 Å². The van der Waals surface area contributed by atoms with Crippen molar-refractivity contribution in [2.24, 2.45) is 0 Å². The summed E-state index contributed by atoms with van der Waals surface area (Å²) in [4.78, 5) is 18.9. The standard InChI is InChI=1S/C20H16Cl2N2O2/c21-16-7-6-14(11-17(16)22)20(25)24-10-8-15(12-24)26-18-5-1-3-13-4-2-9-23-19(13)18/h1-7,9,11,15H,8,10,12H2. The fourth-order valence-electron chi connectivity index (χ4n) is 3.17. The number of benzene rings is 2. The first-order valence-electron chi connectivity index (χ1n) is 8.36. The summed E-state index contributed by atoms with van der Waals surface area (Å²) >= 11 is 11.9. The lowest BCUT2D eigenvalue weighted by Crippen LogP contribution is -2.31. The second-order valence-corrected chi connectivity index (χ2v) is 7.05. The summed E-state index contributed by atoms with van der Waals surface area (Å²) in [5.74, 6) is 0.683. The van der Waals surface area contributed by atoms with E-state index in [1.165, 1.54) is 0 Å². The summed E-state index contributed by atoms with van der Waals surface area (Å²) in [6.07, 6.45) is 2.47. The smallest absolute Gasteiger partial charge is 0.254 e. The Morgan fingerprint density at radius 1 is 1.12 bits per heavy atom. The van der Waals surface area contributed by atoms with Crippen molar-refractivity contribution in [1.29, 1.82) is 0 Å². The topological polar surface area (TPSA) is 42.4 Å². The molecular formula is C20H16Cl2N2O2. The van der Waals surface area contributed by atoms with Gasteiger partial charge in [0.05, 0.1) is 16.6 Å². The Morgan fingerprint density at radius 2 is 1.96 bits per heavy atom. The number of para-hydroxylation sites is 1. The summed E-state index contributed by atoms with van der Waals surface area (Å²) in [6.45, 7) is 1.17. The lowest BCUT2D eigenvalue weighted by molar-refractivity contribution is 0.0773. The summed E-state index contributed by atoms with van der Waals surface area (Å²) in [5, 5.41) is 1.85. The average molecular weight is 387 g/mol. The molecule has 6 heteroatoms. The van der Waals surface area contributed by atoms with Crippen LogP contribution in [0.25, 0.3) is 10.9 Å². The summed E-state index contributed by atoms with van der Waals surface area (Å²) in [6, 6.07) is 14.7. The molecule has 1 amide bonds. The van der Waals surface area contributed by atoms with Gasteiger partial charge in [0.15, 0.2) is 0 Å². The lowest BCUT2D eigenvalue weighted by atomic mass is 10.2. The number of rotatable bonds is 3. The summed E-state index contributed by atoms with van der Waals surface area (Å²) < 4.78 is 6.14. The fraction of sp³-hybridized carbons (Fsp3) is 0.200. The number of ether oxygens (including phenoxy) is 1. The molecule has 132 valence electrons. The minimum absolute atomic E-state index is 0.0608. The Hall–Kier alpha value is -2.30. The minimum Gasteiger partial charge on any atom is -0.486 e. The van der Waals surface area contributed by atoms with Gasteiger partial charge in [-0.2, -0.15) is 0 Å². The van der Waals surface area contributed by atoms with Gasteiger partial charge in [-0.25, -0.2) is 0 Å². The molecular weight excluding hydrogens is 371 g/mol. The Balaban J connectivity index is 1.48. The van der Waals surface area contributed by atoms with Gasteiger partial charge in [0.25, 0.3) is 5.91 Å². The average Bonchev–Trinajstić information content (AvgIpc) is 3.12. The number of likely N-dealkylation sites (tertiary alicyclic amines) is 1. The number of fused-ring (bicyclic) bond motifs is 1. The SMILES string of the molecule is O=C(c1ccc(Cl)c(Cl)c1)N1CCC(Oc2cccc3cccnc23)C1. The van der Waals surface area contributed by atoms with Crippen molar-refractivity contribution in [2.75, 3.05) is 13.1 Å². The molecule has 1 atom stereocenters. The molecule has 1 saturated heterocycles. The number of nitrogens with zero attached hydrogens (tertiary/aromatic N) is 2. The molecule has 0 aliphatic carbocycles. The van der Waals surface area contributed by atoms with Crippen molar-refractivity contribution in [3.8, 4) is 5.75 Å². The highest BCUT2D eigenvalue weighted by molar-refractivity contribution is 6.42. The van der Waals surface area contributed by atoms with Crippen molar-refractivity contribution in [2.45, 2.75) is 12.5 Å². The second kappa shape index (κ2) is 7.14. The minimum atomic E-state index is -0.0642. The molecule has 0 spiro atoms. The molecule has 0 N–H and O–H groups in total. The lowest BCUT2D eigenvalue weighted by Gasteiger charge is -2.18. The van der Waals surface area contributed by atoms with Crippen molar-refractivity contribution >= 4 is 40.0 Å². The van der Waals surface area contributed by atoms with Gasteiger partial charge in [-0.1, -0.05) is 41.4 Å². The van der Waals surface area contributed by atoms with Crippen LogP contribution in [0.5, 0.6) is 5.75 Å². The van der Waals surface area contributed by atoms with Gasteiger partial charge in [0.1, 0.15) is 17.4 Å². The number of hydrogen-bond acceptors (Lipinski definition) is 3. The van der Waals surface area contributed by atoms with Crippen LogP contribution in [0, 0.1) is 0 Å². The molecule has 3 aromatic rings. The van der Waals surface area contributed by atoms with Crippen molar-refractivity contribution in [3.63, 3.8) is 0 Å². The Labute approximate surface area is 161 Å². The van der Waals surface area contributed by atoms with Crippen LogP contribution in [-0.2, 0) is 0 Å². The highest BCUT2D eigenvalue weighted by atomic mass is 35.5. The summed E-state index contributed by atoms with van der Waals surface area (Å²) in [5.41, 5.74) is 1.37. The molecule has 0 bridgehead atoms. The second-order valence-electron chi connectivity index (χ2n) is 6.24. The van der Waals surface area contributed by atoms with E-state index in [2.05, 4.69) is 4.98 Å². The number of carbonyl (C=O) groups excluding carboxylic acids is 1. The van der Waals surface area contributed by atoms with E-state index in [0.717, 1.165) is 23.1 Å². The van der Waals surface area contributed by atoms with Gasteiger partial charge in [-0.05, 0) is 30.3 Å². The predicted octanol–water partition coefficient (Wildman–Crippen LogP) is 4.84. The Kier molecular flexibility index (Phi) is 4.70. The third-order valence-corrected chi connectivity index (χ3v) is 5.23. The first kappa shape index (κ1) is 17.1. The van der Waals surface area contributed by atoms with Crippen LogP contribution in [0.15, 0.2) is 54.7 Å². The zero-order valence-electron chi connectivity index (χ0n) is 13.9. The molecule has 1 aromatic heterocycles. The maximum Gasteiger partial charge on any atom is 0.254 e. The number of carbonyl (C=O) groups is 1. The number of halogens is 2. The van der Waals surface area contributed by atoms with E-state index in [-0.39, 0.29) is 12.0 Å². The quantitative estimate of drug-likeness (QED) is 0.646. The number of amides is 1. The van der Waals surface area contributed by atoms with Crippen LogP contribution in [0.3, 0.4) is 0 Å². The number of pyridine rings is 1. The van der Waals surface area contributed by atoms with E-state index in [4.69, 9.17) is 27.9 Å². The van der Waals surface area contributed by atoms with E-state index in [1.54, 1.807) is 29.3 Å². The first-order valence-corrected chi connectivity index (χ1v) is 9.12. The fourth-order valence-corrected chi connectivity index (χ4v) is 3.47. The molecule has 1 fully saturated rings. The predicted molar refractivity (Wildman–Crippen MR) is 103 cm³/mol.